The molecule has 0 aliphatic heterocycles. The average Bonchev–Trinajstić information content (AvgIpc) is 3.95. The molecule has 2 nitrogen and oxygen atoms in total. The van der Waals surface area contributed by atoms with Crippen molar-refractivity contribution in [2.75, 3.05) is 0 Å². The Bertz CT molecular complexity index is 2950. The van der Waals surface area contributed by atoms with Gasteiger partial charge in [-0.1, -0.05) is 97.1 Å². The summed E-state index contributed by atoms with van der Waals surface area (Å²) in [6.07, 6.45) is 4.04. The molecule has 11 aromatic rings. The van der Waals surface area contributed by atoms with Gasteiger partial charge in [-0.2, -0.15) is 0 Å². The maximum absolute atomic E-state index is 4.88. The molecule has 0 radical (unpaired) electrons. The predicted octanol–water partition coefficient (Wildman–Crippen LogP) is 14.2. The third kappa shape index (κ3) is 4.96. The second-order valence-electron chi connectivity index (χ2n) is 13.1. The van der Waals surface area contributed by atoms with Gasteiger partial charge in [0.1, 0.15) is 10.0 Å². The van der Waals surface area contributed by atoms with E-state index in [0.717, 1.165) is 21.1 Å². The molecule has 0 spiro atoms. The molecule has 11 rings (SSSR count). The zero-order valence-electron chi connectivity index (χ0n) is 27.1. The van der Waals surface area contributed by atoms with E-state index in [2.05, 4.69) is 146 Å². The minimum atomic E-state index is 1.04. The largest absolute Gasteiger partial charge is 0.244 e. The second-order valence-corrected chi connectivity index (χ2v) is 16.3. The maximum atomic E-state index is 4.88. The molecule has 0 aliphatic carbocycles. The highest BCUT2D eigenvalue weighted by atomic mass is 32.1. The van der Waals surface area contributed by atoms with Crippen molar-refractivity contribution in [2.24, 2.45) is 0 Å². The summed E-state index contributed by atoms with van der Waals surface area (Å²) < 4.78 is 2.55. The Morgan fingerprint density at radius 3 is 1.16 bits per heavy atom. The van der Waals surface area contributed by atoms with Crippen LogP contribution >= 0.6 is 34.0 Å². The molecule has 51 heavy (non-hydrogen) atoms. The molecule has 0 saturated heterocycles. The van der Waals surface area contributed by atoms with Gasteiger partial charge >= 0.3 is 0 Å². The van der Waals surface area contributed by atoms with Gasteiger partial charge in [0.15, 0.2) is 0 Å². The lowest BCUT2D eigenvalue weighted by atomic mass is 10.0. The van der Waals surface area contributed by atoms with Crippen molar-refractivity contribution in [1.82, 2.24) is 9.97 Å². The lowest BCUT2D eigenvalue weighted by Gasteiger charge is -2.04. The molecule has 238 valence electrons. The highest BCUT2D eigenvalue weighted by molar-refractivity contribution is 7.26. The number of hydrogen-bond donors (Lipinski definition) is 0. The van der Waals surface area contributed by atoms with Gasteiger partial charge in [-0.3, -0.25) is 0 Å². The lowest BCUT2D eigenvalue weighted by Crippen LogP contribution is -1.78. The van der Waals surface area contributed by atoms with Gasteiger partial charge in [-0.05, 0) is 103 Å². The number of fused-ring (bicyclic) bond motifs is 7. The van der Waals surface area contributed by atoms with Gasteiger partial charge < -0.3 is 0 Å². The van der Waals surface area contributed by atoms with Crippen LogP contribution in [0.3, 0.4) is 0 Å². The van der Waals surface area contributed by atoms with Gasteiger partial charge in [0, 0.05) is 43.7 Å². The number of aromatic nitrogens is 2. The molecule has 0 saturated carbocycles. The first-order valence-electron chi connectivity index (χ1n) is 16.9. The monoisotopic (exact) mass is 702 g/mol. The summed E-state index contributed by atoms with van der Waals surface area (Å²) in [4.78, 5) is 12.1. The van der Waals surface area contributed by atoms with Crippen molar-refractivity contribution >= 4 is 97.3 Å². The van der Waals surface area contributed by atoms with Gasteiger partial charge in [0.2, 0.25) is 0 Å². The van der Waals surface area contributed by atoms with E-state index in [1.807, 2.05) is 23.7 Å². The number of rotatable bonds is 4. The van der Waals surface area contributed by atoms with Crippen molar-refractivity contribution in [1.29, 1.82) is 0 Å². The average molecular weight is 703 g/mol. The summed E-state index contributed by atoms with van der Waals surface area (Å²) in [6.45, 7) is 0. The van der Waals surface area contributed by atoms with Crippen LogP contribution in [-0.2, 0) is 0 Å². The summed E-state index contributed by atoms with van der Waals surface area (Å²) in [5.41, 5.74) is 4.73. The molecular weight excluding hydrogens is 677 g/mol. The van der Waals surface area contributed by atoms with E-state index in [1.54, 1.807) is 22.7 Å². The summed E-state index contributed by atoms with van der Waals surface area (Å²) in [5.74, 6) is 0. The molecule has 0 unspecified atom stereocenters. The lowest BCUT2D eigenvalue weighted by molar-refractivity contribution is 1.42. The van der Waals surface area contributed by atoms with Crippen molar-refractivity contribution in [3.05, 3.63) is 158 Å². The van der Waals surface area contributed by atoms with E-state index < -0.39 is 0 Å². The Kier molecular flexibility index (Phi) is 6.50. The van der Waals surface area contributed by atoms with Crippen LogP contribution in [0.1, 0.15) is 0 Å². The normalized spacial score (nSPS) is 11.9. The quantitative estimate of drug-likeness (QED) is 0.171. The van der Waals surface area contributed by atoms with E-state index in [4.69, 9.17) is 9.97 Å². The zero-order valence-corrected chi connectivity index (χ0v) is 29.6. The molecule has 5 heteroatoms. The zero-order chi connectivity index (χ0) is 33.5. The van der Waals surface area contributed by atoms with Crippen LogP contribution in [0, 0.1) is 0 Å². The fraction of sp³-hybridized carbons (Fsp3) is 0. The SMILES string of the molecule is c1ccc2cc3cc(-c4cnc(-c5ccc6c(c5)sc5cc(-c7ncc(-c8ccc9cc%10ccccc%10cc9c8)s7)ccc56)s4)ccc3cc2c1. The standard InChI is InChI=1S/C46H26N2S3/c1-3-7-29-19-37-21-33(11-9-31(37)17-27(29)5-1)43-25-47-45(50-43)35-13-15-39-40-16-14-36(24-42(40)49-41(39)23-35)46-48-26-44(51-46)34-12-10-32-18-28-6-2-4-8-30(28)20-38(32)22-34/h1-26H. The predicted molar refractivity (Wildman–Crippen MR) is 222 cm³/mol. The molecule has 3 aromatic heterocycles. The first-order valence-corrected chi connectivity index (χ1v) is 19.4. The van der Waals surface area contributed by atoms with E-state index >= 15 is 0 Å². The molecule has 0 fully saturated rings. The maximum Gasteiger partial charge on any atom is 0.123 e. The summed E-state index contributed by atoms with van der Waals surface area (Å²) >= 11 is 5.35. The highest BCUT2D eigenvalue weighted by Gasteiger charge is 2.14. The Labute approximate surface area is 305 Å². The Morgan fingerprint density at radius 1 is 0.314 bits per heavy atom. The minimum absolute atomic E-state index is 1.04. The van der Waals surface area contributed by atoms with Crippen molar-refractivity contribution in [2.45, 2.75) is 0 Å². The first-order chi connectivity index (χ1) is 25.2. The number of thiazole rings is 2. The molecule has 3 heterocycles. The Balaban J connectivity index is 0.894. The van der Waals surface area contributed by atoms with E-state index in [9.17, 15) is 0 Å². The van der Waals surface area contributed by atoms with Crippen molar-refractivity contribution < 1.29 is 0 Å². The topological polar surface area (TPSA) is 25.8 Å². The van der Waals surface area contributed by atoms with Gasteiger partial charge in [0.05, 0.1) is 9.75 Å². The Morgan fingerprint density at radius 2 is 0.706 bits per heavy atom. The third-order valence-electron chi connectivity index (χ3n) is 9.96. The molecule has 0 bridgehead atoms. The fourth-order valence-electron chi connectivity index (χ4n) is 7.31. The van der Waals surface area contributed by atoms with E-state index in [1.165, 1.54) is 84.1 Å². The number of nitrogens with zero attached hydrogens (tertiary/aromatic N) is 2. The molecule has 0 amide bonds. The van der Waals surface area contributed by atoms with Crippen LogP contribution in [0.15, 0.2) is 158 Å². The number of thiophene rings is 1. The van der Waals surface area contributed by atoms with Gasteiger partial charge in [-0.25, -0.2) is 9.97 Å². The number of hydrogen-bond acceptors (Lipinski definition) is 5. The molecule has 0 N–H and O–H groups in total. The van der Waals surface area contributed by atoms with Gasteiger partial charge in [0.25, 0.3) is 0 Å². The number of benzene rings is 8. The molecule has 0 atom stereocenters. The summed E-state index contributed by atoms with van der Waals surface area (Å²) in [7, 11) is 0. The van der Waals surface area contributed by atoms with Crippen LogP contribution in [0.2, 0.25) is 0 Å². The molecular formula is C46H26N2S3. The first kappa shape index (κ1) is 29.1. The van der Waals surface area contributed by atoms with Crippen molar-refractivity contribution in [3.8, 4) is 42.0 Å². The third-order valence-corrected chi connectivity index (χ3v) is 13.3. The second kappa shape index (κ2) is 11.4. The van der Waals surface area contributed by atoms with Crippen LogP contribution < -0.4 is 0 Å². The van der Waals surface area contributed by atoms with Gasteiger partial charge in [-0.15, -0.1) is 34.0 Å². The highest BCUT2D eigenvalue weighted by Crippen LogP contribution is 2.42. The smallest absolute Gasteiger partial charge is 0.123 e. The van der Waals surface area contributed by atoms with E-state index in [-0.39, 0.29) is 0 Å². The minimum Gasteiger partial charge on any atom is -0.244 e. The summed E-state index contributed by atoms with van der Waals surface area (Å²) in [5, 5.41) is 14.8. The fourth-order valence-corrected chi connectivity index (χ4v) is 10.3. The van der Waals surface area contributed by atoms with Crippen LogP contribution in [-0.4, -0.2) is 9.97 Å². The van der Waals surface area contributed by atoms with Crippen LogP contribution in [0.4, 0.5) is 0 Å². The van der Waals surface area contributed by atoms with Crippen LogP contribution in [0.25, 0.3) is 105 Å². The molecule has 8 aromatic carbocycles. The van der Waals surface area contributed by atoms with E-state index in [0.29, 0.717) is 0 Å². The molecule has 0 aliphatic rings. The van der Waals surface area contributed by atoms with Crippen molar-refractivity contribution in [3.63, 3.8) is 0 Å². The van der Waals surface area contributed by atoms with Crippen LogP contribution in [0.5, 0.6) is 0 Å². The summed E-state index contributed by atoms with van der Waals surface area (Å²) in [6, 6.07) is 53.3. The Hall–Kier alpha value is -5.72.